The quantitative estimate of drug-likeness (QED) is 0.686. The third-order valence-corrected chi connectivity index (χ3v) is 3.89. The van der Waals surface area contributed by atoms with Crippen LogP contribution in [0.2, 0.25) is 0 Å². The first-order valence-electron chi connectivity index (χ1n) is 6.33. The van der Waals surface area contributed by atoms with Gasteiger partial charge in [0.05, 0.1) is 17.5 Å². The highest BCUT2D eigenvalue weighted by Crippen LogP contribution is 2.22. The number of hydrogen-bond acceptors (Lipinski definition) is 4. The van der Waals surface area contributed by atoms with Gasteiger partial charge in [-0.3, -0.25) is 4.98 Å². The fourth-order valence-electron chi connectivity index (χ4n) is 2.02. The highest BCUT2D eigenvalue weighted by atomic mass is 79.9. The summed E-state index contributed by atoms with van der Waals surface area (Å²) in [7, 11) is -3.59. The van der Waals surface area contributed by atoms with E-state index in [0.29, 0.717) is 16.8 Å². The summed E-state index contributed by atoms with van der Waals surface area (Å²) in [5.41, 5.74) is 1.68. The molecule has 5 nitrogen and oxygen atoms in total. The minimum atomic E-state index is -3.59. The highest BCUT2D eigenvalue weighted by molar-refractivity contribution is 9.10. The Hall–Kier alpha value is -1.99. The number of nitrogens with zero attached hydrogens (tertiary/aromatic N) is 2. The van der Waals surface area contributed by atoms with Crippen LogP contribution in [0.1, 0.15) is 0 Å². The number of benzene rings is 1. The molecule has 112 valence electrons. The van der Waals surface area contributed by atoms with Crippen molar-refractivity contribution in [2.75, 3.05) is 6.26 Å². The van der Waals surface area contributed by atoms with Crippen LogP contribution in [0.5, 0.6) is 0 Å². The molecule has 0 spiro atoms. The van der Waals surface area contributed by atoms with Gasteiger partial charge in [0.15, 0.2) is 0 Å². The van der Waals surface area contributed by atoms with Gasteiger partial charge in [0.1, 0.15) is 5.58 Å². The zero-order chi connectivity index (χ0) is 15.7. The average molecular weight is 379 g/mol. The van der Waals surface area contributed by atoms with Crippen LogP contribution in [0.3, 0.4) is 0 Å². The highest BCUT2D eigenvalue weighted by Gasteiger charge is 2.10. The summed E-state index contributed by atoms with van der Waals surface area (Å²) in [4.78, 5) is 4.24. The van der Waals surface area contributed by atoms with Crippen molar-refractivity contribution in [3.8, 4) is 11.3 Å². The molecule has 0 fully saturated rings. The Morgan fingerprint density at radius 1 is 1.18 bits per heavy atom. The second-order valence-corrected chi connectivity index (χ2v) is 7.25. The molecule has 1 aromatic carbocycles. The molecule has 0 saturated carbocycles. The molecule has 22 heavy (non-hydrogen) atoms. The molecule has 0 unspecified atom stereocenters. The summed E-state index contributed by atoms with van der Waals surface area (Å²) in [6.45, 7) is 0. The van der Waals surface area contributed by atoms with Crippen molar-refractivity contribution in [2.45, 2.75) is 0 Å². The maximum atomic E-state index is 11.5. The lowest BCUT2D eigenvalue weighted by atomic mass is 10.1. The predicted octanol–water partition coefficient (Wildman–Crippen LogP) is 3.12. The Balaban J connectivity index is 2.41. The molecule has 0 aliphatic rings. The van der Waals surface area contributed by atoms with E-state index in [1.807, 2.05) is 24.3 Å². The molecule has 7 heteroatoms. The first kappa shape index (κ1) is 14.9. The third-order valence-electron chi connectivity index (χ3n) is 2.90. The van der Waals surface area contributed by atoms with Gasteiger partial charge in [0, 0.05) is 16.1 Å². The van der Waals surface area contributed by atoms with E-state index in [0.717, 1.165) is 16.1 Å². The zero-order valence-electron chi connectivity index (χ0n) is 11.5. The van der Waals surface area contributed by atoms with Gasteiger partial charge in [-0.2, -0.15) is 0 Å². The molecule has 0 aliphatic heterocycles. The lowest BCUT2D eigenvalue weighted by Crippen LogP contribution is -2.10. The van der Waals surface area contributed by atoms with E-state index in [9.17, 15) is 8.42 Å². The normalized spacial score (nSPS) is 12.7. The predicted molar refractivity (Wildman–Crippen MR) is 87.6 cm³/mol. The van der Waals surface area contributed by atoms with Crippen LogP contribution in [-0.4, -0.2) is 19.7 Å². The number of halogens is 1. The molecule has 0 amide bonds. The number of fused-ring (bicyclic) bond motifs is 1. The van der Waals surface area contributed by atoms with Gasteiger partial charge in [-0.15, -0.1) is 4.40 Å². The third kappa shape index (κ3) is 3.26. The monoisotopic (exact) mass is 378 g/mol. The maximum Gasteiger partial charge on any atom is 0.253 e. The Bertz CT molecular complexity index is 1010. The summed E-state index contributed by atoms with van der Waals surface area (Å²) in [5, 5.41) is 0.830. The molecule has 0 aliphatic carbocycles. The molecular formula is C15H11BrN2O3S. The molecule has 3 aromatic rings. The van der Waals surface area contributed by atoms with Crippen LogP contribution in [-0.2, 0) is 10.0 Å². The zero-order valence-corrected chi connectivity index (χ0v) is 13.9. The fraction of sp³-hybridized carbons (Fsp3) is 0.0667. The van der Waals surface area contributed by atoms with Crippen molar-refractivity contribution >= 4 is 36.9 Å². The van der Waals surface area contributed by atoms with E-state index in [2.05, 4.69) is 25.3 Å². The molecular weight excluding hydrogens is 368 g/mol. The van der Waals surface area contributed by atoms with Gasteiger partial charge in [0.25, 0.3) is 10.0 Å². The second kappa shape index (κ2) is 5.66. The first-order chi connectivity index (χ1) is 10.4. The summed E-state index contributed by atoms with van der Waals surface area (Å²) < 4.78 is 33.3. The Kier molecular flexibility index (Phi) is 3.84. The van der Waals surface area contributed by atoms with E-state index < -0.39 is 10.0 Å². The minimum Gasteiger partial charge on any atom is -0.437 e. The molecule has 0 N–H and O–H groups in total. The topological polar surface area (TPSA) is 72.5 Å². The molecule has 0 saturated heterocycles. The van der Waals surface area contributed by atoms with Crippen molar-refractivity contribution in [3.05, 3.63) is 58.7 Å². The lowest BCUT2D eigenvalue weighted by molar-refractivity contribution is 0.543. The van der Waals surface area contributed by atoms with E-state index in [1.54, 1.807) is 24.4 Å². The summed E-state index contributed by atoms with van der Waals surface area (Å²) in [6, 6.07) is 12.7. The number of sulfonamides is 1. The molecule has 0 radical (unpaired) electrons. The van der Waals surface area contributed by atoms with Gasteiger partial charge in [-0.05, 0) is 30.3 Å². The van der Waals surface area contributed by atoms with Crippen LogP contribution in [0.25, 0.3) is 22.2 Å². The van der Waals surface area contributed by atoms with Crippen molar-refractivity contribution < 1.29 is 12.8 Å². The maximum absolute atomic E-state index is 11.5. The molecule has 2 heterocycles. The summed E-state index contributed by atoms with van der Waals surface area (Å²) in [5.74, 6) is 0. The number of hydrogen-bond donors (Lipinski definition) is 0. The number of rotatable bonds is 2. The first-order valence-corrected chi connectivity index (χ1v) is 8.97. The van der Waals surface area contributed by atoms with Gasteiger partial charge in [0.2, 0.25) is 5.55 Å². The van der Waals surface area contributed by atoms with Crippen molar-refractivity contribution in [1.29, 1.82) is 0 Å². The van der Waals surface area contributed by atoms with Crippen LogP contribution in [0, 0.1) is 0 Å². The smallest absolute Gasteiger partial charge is 0.253 e. The Morgan fingerprint density at radius 2 is 2.00 bits per heavy atom. The fourth-order valence-corrected chi connectivity index (χ4v) is 2.79. The molecule has 3 rings (SSSR count). The van der Waals surface area contributed by atoms with Crippen LogP contribution >= 0.6 is 15.9 Å². The second-order valence-electron chi connectivity index (χ2n) is 4.69. The van der Waals surface area contributed by atoms with Gasteiger partial charge < -0.3 is 4.42 Å². The summed E-state index contributed by atoms with van der Waals surface area (Å²) in [6.07, 6.45) is 2.65. The van der Waals surface area contributed by atoms with E-state index in [4.69, 9.17) is 4.42 Å². The minimum absolute atomic E-state index is 0.0202. The summed E-state index contributed by atoms with van der Waals surface area (Å²) >= 11 is 3.36. The molecule has 0 bridgehead atoms. The van der Waals surface area contributed by atoms with Crippen LogP contribution in [0.15, 0.2) is 61.9 Å². The van der Waals surface area contributed by atoms with Gasteiger partial charge in [-0.1, -0.05) is 28.1 Å². The van der Waals surface area contributed by atoms with Crippen LogP contribution in [0.4, 0.5) is 0 Å². The molecule has 2 aromatic heterocycles. The Labute approximate surface area is 135 Å². The Morgan fingerprint density at radius 3 is 2.68 bits per heavy atom. The number of aromatic nitrogens is 1. The largest absolute Gasteiger partial charge is 0.437 e. The SMILES string of the molecule is CS(=O)(=O)/N=c1\oc2cc(Br)ccc2cc1-c1ccccn1. The van der Waals surface area contributed by atoms with Crippen molar-refractivity contribution in [3.63, 3.8) is 0 Å². The number of pyridine rings is 1. The average Bonchev–Trinajstić information content (AvgIpc) is 2.45. The van der Waals surface area contributed by atoms with Crippen molar-refractivity contribution in [1.82, 2.24) is 4.98 Å². The van der Waals surface area contributed by atoms with Gasteiger partial charge in [-0.25, -0.2) is 8.42 Å². The van der Waals surface area contributed by atoms with E-state index in [-0.39, 0.29) is 5.55 Å². The van der Waals surface area contributed by atoms with Gasteiger partial charge >= 0.3 is 0 Å². The molecule has 0 atom stereocenters. The van der Waals surface area contributed by atoms with E-state index >= 15 is 0 Å². The van der Waals surface area contributed by atoms with Crippen LogP contribution < -0.4 is 5.55 Å². The van der Waals surface area contributed by atoms with Crippen molar-refractivity contribution in [2.24, 2.45) is 4.40 Å². The standard InChI is InChI=1S/C15H11BrN2O3S/c1-22(19,20)18-15-12(13-4-2-3-7-17-13)8-10-5-6-11(16)9-14(10)21-15/h2-9H,1H3/b18-15-. The lowest BCUT2D eigenvalue weighted by Gasteiger charge is -2.04. The van der Waals surface area contributed by atoms with E-state index in [1.165, 1.54) is 0 Å².